The van der Waals surface area contributed by atoms with Crippen LogP contribution in [0.3, 0.4) is 0 Å². The third-order valence-corrected chi connectivity index (χ3v) is 2.03. The molecule has 5 heteroatoms. The van der Waals surface area contributed by atoms with Crippen LogP contribution in [0, 0.1) is 13.8 Å². The number of hydrogen-bond acceptors (Lipinski definition) is 3. The van der Waals surface area contributed by atoms with E-state index in [4.69, 9.17) is 5.11 Å². The molecule has 0 saturated carbocycles. The maximum atomic E-state index is 11.6. The normalized spacial score (nSPS) is 10.3. The lowest BCUT2D eigenvalue weighted by atomic mass is 10.2. The molecule has 0 radical (unpaired) electrons. The first-order valence-electron chi connectivity index (χ1n) is 4.79. The summed E-state index contributed by atoms with van der Waals surface area (Å²) in [5.41, 5.74) is 1.58. The monoisotopic (exact) mass is 210 g/mol. The Morgan fingerprint density at radius 3 is 2.53 bits per heavy atom. The van der Waals surface area contributed by atoms with Crippen molar-refractivity contribution in [1.29, 1.82) is 0 Å². The SMILES string of the molecule is Cc1cc(C)n(C(=O)CCCC(=O)O)n1. The van der Waals surface area contributed by atoms with Gasteiger partial charge in [0.2, 0.25) is 5.91 Å². The van der Waals surface area contributed by atoms with Crippen molar-refractivity contribution in [2.75, 3.05) is 0 Å². The Balaban J connectivity index is 2.54. The van der Waals surface area contributed by atoms with E-state index < -0.39 is 5.97 Å². The first-order valence-corrected chi connectivity index (χ1v) is 4.79. The first kappa shape index (κ1) is 11.4. The van der Waals surface area contributed by atoms with Crippen LogP contribution in [0.4, 0.5) is 0 Å². The molecule has 15 heavy (non-hydrogen) atoms. The highest BCUT2D eigenvalue weighted by molar-refractivity contribution is 5.79. The molecule has 0 bridgehead atoms. The van der Waals surface area contributed by atoms with Gasteiger partial charge in [0.05, 0.1) is 5.69 Å². The van der Waals surface area contributed by atoms with E-state index in [0.29, 0.717) is 6.42 Å². The van der Waals surface area contributed by atoms with Gasteiger partial charge in [-0.2, -0.15) is 5.10 Å². The highest BCUT2D eigenvalue weighted by Crippen LogP contribution is 2.05. The quantitative estimate of drug-likeness (QED) is 0.815. The van der Waals surface area contributed by atoms with Crippen molar-refractivity contribution in [2.45, 2.75) is 33.1 Å². The van der Waals surface area contributed by atoms with Crippen molar-refractivity contribution in [3.05, 3.63) is 17.5 Å². The van der Waals surface area contributed by atoms with Gasteiger partial charge in [0.1, 0.15) is 0 Å². The lowest BCUT2D eigenvalue weighted by Gasteiger charge is -2.01. The molecule has 0 aliphatic carbocycles. The topological polar surface area (TPSA) is 72.2 Å². The van der Waals surface area contributed by atoms with Crippen molar-refractivity contribution in [1.82, 2.24) is 9.78 Å². The Morgan fingerprint density at radius 2 is 2.07 bits per heavy atom. The minimum atomic E-state index is -0.879. The Hall–Kier alpha value is -1.65. The molecule has 0 aliphatic heterocycles. The summed E-state index contributed by atoms with van der Waals surface area (Å²) < 4.78 is 1.33. The fourth-order valence-electron chi connectivity index (χ4n) is 1.38. The first-order chi connectivity index (χ1) is 7.00. The smallest absolute Gasteiger partial charge is 0.303 e. The van der Waals surface area contributed by atoms with Gasteiger partial charge in [-0.15, -0.1) is 0 Å². The lowest BCUT2D eigenvalue weighted by Crippen LogP contribution is -2.14. The van der Waals surface area contributed by atoms with Crippen molar-refractivity contribution in [3.63, 3.8) is 0 Å². The molecule has 0 fully saturated rings. The number of aromatic nitrogens is 2. The van der Waals surface area contributed by atoms with E-state index in [-0.39, 0.29) is 18.7 Å². The molecule has 0 atom stereocenters. The van der Waals surface area contributed by atoms with Gasteiger partial charge in [0, 0.05) is 18.5 Å². The number of aliphatic carboxylic acids is 1. The summed E-state index contributed by atoms with van der Waals surface area (Å²) in [4.78, 5) is 21.8. The molecule has 1 rings (SSSR count). The second kappa shape index (κ2) is 4.72. The zero-order chi connectivity index (χ0) is 11.4. The fraction of sp³-hybridized carbons (Fsp3) is 0.500. The maximum Gasteiger partial charge on any atom is 0.303 e. The van der Waals surface area contributed by atoms with Crippen LogP contribution in [0.2, 0.25) is 0 Å². The molecule has 0 amide bonds. The largest absolute Gasteiger partial charge is 0.481 e. The number of carbonyl (C=O) groups is 2. The zero-order valence-electron chi connectivity index (χ0n) is 8.86. The summed E-state index contributed by atoms with van der Waals surface area (Å²) in [6.07, 6.45) is 0.589. The van der Waals surface area contributed by atoms with Gasteiger partial charge in [-0.3, -0.25) is 9.59 Å². The molecule has 82 valence electrons. The molecule has 0 spiro atoms. The van der Waals surface area contributed by atoms with E-state index in [1.54, 1.807) is 6.92 Å². The maximum absolute atomic E-state index is 11.6. The second-order valence-electron chi connectivity index (χ2n) is 3.48. The Morgan fingerprint density at radius 1 is 1.40 bits per heavy atom. The average Bonchev–Trinajstić information content (AvgIpc) is 2.44. The van der Waals surface area contributed by atoms with Crippen LogP contribution in [0.5, 0.6) is 0 Å². The van der Waals surface area contributed by atoms with Crippen molar-refractivity contribution < 1.29 is 14.7 Å². The number of rotatable bonds is 4. The molecular weight excluding hydrogens is 196 g/mol. The van der Waals surface area contributed by atoms with Gasteiger partial charge in [0.25, 0.3) is 0 Å². The minimum Gasteiger partial charge on any atom is -0.481 e. The molecule has 0 saturated heterocycles. The summed E-state index contributed by atoms with van der Waals surface area (Å²) >= 11 is 0. The highest BCUT2D eigenvalue weighted by atomic mass is 16.4. The summed E-state index contributed by atoms with van der Waals surface area (Å²) in [5.74, 6) is -1.03. The Labute approximate surface area is 87.7 Å². The minimum absolute atomic E-state index is 0.0189. The van der Waals surface area contributed by atoms with Gasteiger partial charge in [-0.25, -0.2) is 4.68 Å². The van der Waals surface area contributed by atoms with Crippen molar-refractivity contribution in [2.24, 2.45) is 0 Å². The van der Waals surface area contributed by atoms with Gasteiger partial charge >= 0.3 is 5.97 Å². The van der Waals surface area contributed by atoms with E-state index >= 15 is 0 Å². The van der Waals surface area contributed by atoms with Crippen LogP contribution >= 0.6 is 0 Å². The molecule has 0 unspecified atom stereocenters. The number of hydrogen-bond donors (Lipinski definition) is 1. The van der Waals surface area contributed by atoms with Gasteiger partial charge < -0.3 is 5.11 Å². The van der Waals surface area contributed by atoms with Crippen LogP contribution < -0.4 is 0 Å². The fourth-order valence-corrected chi connectivity index (χ4v) is 1.38. The van der Waals surface area contributed by atoms with Crippen LogP contribution in [0.25, 0.3) is 0 Å². The number of carboxylic acids is 1. The third-order valence-electron chi connectivity index (χ3n) is 2.03. The van der Waals surface area contributed by atoms with E-state index in [2.05, 4.69) is 5.10 Å². The van der Waals surface area contributed by atoms with Crippen LogP contribution in [-0.2, 0) is 4.79 Å². The van der Waals surface area contributed by atoms with E-state index in [1.165, 1.54) is 4.68 Å². The number of aryl methyl sites for hydroxylation is 2. The lowest BCUT2D eigenvalue weighted by molar-refractivity contribution is -0.137. The standard InChI is InChI=1S/C10H14N2O3/c1-7-6-8(2)12(11-7)9(13)4-3-5-10(14)15/h6H,3-5H2,1-2H3,(H,14,15). The van der Waals surface area contributed by atoms with Gasteiger partial charge in [-0.1, -0.05) is 0 Å². The van der Waals surface area contributed by atoms with Gasteiger partial charge in [-0.05, 0) is 26.3 Å². The Kier molecular flexibility index (Phi) is 3.60. The van der Waals surface area contributed by atoms with E-state index in [1.807, 2.05) is 13.0 Å². The van der Waals surface area contributed by atoms with Crippen LogP contribution in [0.15, 0.2) is 6.07 Å². The van der Waals surface area contributed by atoms with E-state index in [9.17, 15) is 9.59 Å². The number of carboxylic acid groups (broad SMARTS) is 1. The van der Waals surface area contributed by atoms with Crippen molar-refractivity contribution >= 4 is 11.9 Å². The van der Waals surface area contributed by atoms with Crippen LogP contribution in [0.1, 0.15) is 35.4 Å². The summed E-state index contributed by atoms with van der Waals surface area (Å²) in [6.45, 7) is 3.61. The average molecular weight is 210 g/mol. The van der Waals surface area contributed by atoms with E-state index in [0.717, 1.165) is 11.4 Å². The molecule has 1 N–H and O–H groups in total. The third kappa shape index (κ3) is 3.19. The second-order valence-corrected chi connectivity index (χ2v) is 3.48. The predicted octanol–water partition coefficient (Wildman–Crippen LogP) is 1.40. The Bertz CT molecular complexity index is 382. The number of carbonyl (C=O) groups excluding carboxylic acids is 1. The molecular formula is C10H14N2O3. The zero-order valence-corrected chi connectivity index (χ0v) is 8.86. The molecule has 5 nitrogen and oxygen atoms in total. The van der Waals surface area contributed by atoms with Crippen molar-refractivity contribution in [3.8, 4) is 0 Å². The van der Waals surface area contributed by atoms with Gasteiger partial charge in [0.15, 0.2) is 0 Å². The summed E-state index contributed by atoms with van der Waals surface area (Å²) in [5, 5.41) is 12.4. The molecule has 1 aromatic heterocycles. The van der Waals surface area contributed by atoms with Crippen LogP contribution in [-0.4, -0.2) is 26.8 Å². The highest BCUT2D eigenvalue weighted by Gasteiger charge is 2.10. The molecule has 1 heterocycles. The molecule has 0 aromatic carbocycles. The summed E-state index contributed by atoms with van der Waals surface area (Å²) in [7, 11) is 0. The number of nitrogens with zero attached hydrogens (tertiary/aromatic N) is 2. The summed E-state index contributed by atoms with van der Waals surface area (Å²) in [6, 6.07) is 1.81. The predicted molar refractivity (Wildman–Crippen MR) is 53.8 cm³/mol. The molecule has 1 aromatic rings. The molecule has 0 aliphatic rings.